The van der Waals surface area contributed by atoms with E-state index in [1.54, 1.807) is 0 Å². The molecule has 0 aromatic rings. The molecular weight excluding hydrogens is 96.1 g/mol. The van der Waals surface area contributed by atoms with Crippen LogP contribution in [0.1, 0.15) is 12.8 Å². The van der Waals surface area contributed by atoms with Crippen LogP contribution in [0, 0.1) is 11.8 Å². The van der Waals surface area contributed by atoms with Gasteiger partial charge in [-0.1, -0.05) is 24.3 Å². The third kappa shape index (κ3) is 0.525. The summed E-state index contributed by atoms with van der Waals surface area (Å²) < 4.78 is 0. The Hall–Kier alpha value is -0.520. The second-order valence-electron chi connectivity index (χ2n) is 2.71. The van der Waals surface area contributed by atoms with Gasteiger partial charge < -0.3 is 0 Å². The van der Waals surface area contributed by atoms with Gasteiger partial charge >= 0.3 is 0 Å². The Morgan fingerprint density at radius 1 is 1.12 bits per heavy atom. The molecule has 2 bridgehead atoms. The third-order valence-electron chi connectivity index (χ3n) is 2.03. The number of hydrogen-bond acceptors (Lipinski definition) is 0. The van der Waals surface area contributed by atoms with Gasteiger partial charge in [-0.3, -0.25) is 0 Å². The second kappa shape index (κ2) is 1.48. The topological polar surface area (TPSA) is 0 Å². The minimum Gasteiger partial charge on any atom is -0.0874 e. The van der Waals surface area contributed by atoms with Crippen molar-refractivity contribution in [2.45, 2.75) is 12.8 Å². The molecule has 0 amide bonds. The van der Waals surface area contributed by atoms with Gasteiger partial charge in [0.15, 0.2) is 0 Å². The first-order valence-electron chi connectivity index (χ1n) is 3.30. The monoisotopic (exact) mass is 106 g/mol. The predicted octanol–water partition coefficient (Wildman–Crippen LogP) is 2.14. The van der Waals surface area contributed by atoms with Crippen LogP contribution in [0.5, 0.6) is 0 Å². The summed E-state index contributed by atoms with van der Waals surface area (Å²) >= 11 is 0. The highest BCUT2D eigenvalue weighted by atomic mass is 14.2. The van der Waals surface area contributed by atoms with Crippen molar-refractivity contribution in [3.05, 3.63) is 24.3 Å². The van der Waals surface area contributed by atoms with Crippen LogP contribution in [0.3, 0.4) is 0 Å². The molecule has 0 spiro atoms. The first-order chi connectivity index (χ1) is 3.95. The zero-order chi connectivity index (χ0) is 5.40. The molecule has 1 unspecified atom stereocenters. The summed E-state index contributed by atoms with van der Waals surface area (Å²) in [4.78, 5) is 0. The Morgan fingerprint density at radius 3 is 2.88 bits per heavy atom. The average Bonchev–Trinajstić information content (AvgIpc) is 2.12. The molecule has 2 aliphatic carbocycles. The molecule has 0 heterocycles. The number of hydrogen-bond donors (Lipinski definition) is 0. The normalized spacial score (nSPS) is 41.0. The molecular formula is C8H10. The second-order valence-corrected chi connectivity index (χ2v) is 2.71. The van der Waals surface area contributed by atoms with Crippen LogP contribution in [0.15, 0.2) is 24.3 Å². The zero-order valence-electron chi connectivity index (χ0n) is 4.88. The summed E-state index contributed by atoms with van der Waals surface area (Å²) in [6.07, 6.45) is 12.0. The van der Waals surface area contributed by atoms with E-state index in [4.69, 9.17) is 0 Å². The molecule has 2 rings (SSSR count). The van der Waals surface area contributed by atoms with Gasteiger partial charge in [-0.15, -0.1) is 0 Å². The van der Waals surface area contributed by atoms with Crippen LogP contribution in [-0.2, 0) is 0 Å². The molecule has 0 aromatic carbocycles. The fourth-order valence-corrected chi connectivity index (χ4v) is 1.55. The number of fused-ring (bicyclic) bond motifs is 2. The van der Waals surface area contributed by atoms with Crippen molar-refractivity contribution in [2.75, 3.05) is 0 Å². The highest BCUT2D eigenvalue weighted by molar-refractivity contribution is 5.14. The van der Waals surface area contributed by atoms with E-state index in [1.165, 1.54) is 12.8 Å². The van der Waals surface area contributed by atoms with Gasteiger partial charge in [0, 0.05) is 0 Å². The van der Waals surface area contributed by atoms with Crippen molar-refractivity contribution in [1.82, 2.24) is 0 Å². The first-order valence-corrected chi connectivity index (χ1v) is 3.30. The molecule has 0 fully saturated rings. The summed E-state index contributed by atoms with van der Waals surface area (Å²) in [5, 5.41) is 0. The first kappa shape index (κ1) is 4.37. The standard InChI is InChI=1S/C8H10/c1-2-7-4-5-8(3-1)6-7/h1-2,4-5,7-8H,3,6H2/t7-,8?/m1/s1. The molecule has 0 aliphatic heterocycles. The maximum Gasteiger partial charge on any atom is -0.00477 e. The van der Waals surface area contributed by atoms with Crippen molar-refractivity contribution in [2.24, 2.45) is 11.8 Å². The fourth-order valence-electron chi connectivity index (χ4n) is 1.55. The molecule has 0 saturated carbocycles. The largest absolute Gasteiger partial charge is 0.0874 e. The van der Waals surface area contributed by atoms with Crippen LogP contribution < -0.4 is 0 Å². The van der Waals surface area contributed by atoms with Crippen LogP contribution in [0.25, 0.3) is 0 Å². The van der Waals surface area contributed by atoms with E-state index in [2.05, 4.69) is 24.3 Å². The summed E-state index contributed by atoms with van der Waals surface area (Å²) in [5.41, 5.74) is 0. The highest BCUT2D eigenvalue weighted by Crippen LogP contribution is 2.31. The lowest BCUT2D eigenvalue weighted by Gasteiger charge is -2.10. The Labute approximate surface area is 49.9 Å². The van der Waals surface area contributed by atoms with E-state index >= 15 is 0 Å². The van der Waals surface area contributed by atoms with Crippen molar-refractivity contribution < 1.29 is 0 Å². The number of rotatable bonds is 0. The van der Waals surface area contributed by atoms with Gasteiger partial charge in [0.05, 0.1) is 0 Å². The summed E-state index contributed by atoms with van der Waals surface area (Å²) in [7, 11) is 0. The third-order valence-corrected chi connectivity index (χ3v) is 2.03. The lowest BCUT2D eigenvalue weighted by molar-refractivity contribution is 0.561. The fraction of sp³-hybridized carbons (Fsp3) is 0.500. The van der Waals surface area contributed by atoms with E-state index in [1.807, 2.05) is 0 Å². The smallest absolute Gasteiger partial charge is 0.00477 e. The Morgan fingerprint density at radius 2 is 2.12 bits per heavy atom. The van der Waals surface area contributed by atoms with Gasteiger partial charge in [-0.25, -0.2) is 0 Å². The van der Waals surface area contributed by atoms with E-state index in [0.717, 1.165) is 11.8 Å². The summed E-state index contributed by atoms with van der Waals surface area (Å²) in [6, 6.07) is 0. The Balaban J connectivity index is 2.28. The highest BCUT2D eigenvalue weighted by Gasteiger charge is 2.18. The quantitative estimate of drug-likeness (QED) is 0.415. The van der Waals surface area contributed by atoms with Crippen molar-refractivity contribution in [3.63, 3.8) is 0 Å². The van der Waals surface area contributed by atoms with Crippen molar-refractivity contribution in [3.8, 4) is 0 Å². The molecule has 2 aliphatic rings. The lowest BCUT2D eigenvalue weighted by Crippen LogP contribution is -1.98. The average molecular weight is 106 g/mol. The van der Waals surface area contributed by atoms with Gasteiger partial charge in [0.25, 0.3) is 0 Å². The molecule has 0 radical (unpaired) electrons. The molecule has 0 heteroatoms. The van der Waals surface area contributed by atoms with Gasteiger partial charge in [-0.05, 0) is 24.7 Å². The molecule has 0 nitrogen and oxygen atoms in total. The van der Waals surface area contributed by atoms with Gasteiger partial charge in [-0.2, -0.15) is 0 Å². The summed E-state index contributed by atoms with van der Waals surface area (Å²) in [5.74, 6) is 1.69. The Kier molecular flexibility index (Phi) is 0.806. The van der Waals surface area contributed by atoms with E-state index in [0.29, 0.717) is 0 Å². The van der Waals surface area contributed by atoms with Crippen molar-refractivity contribution in [1.29, 1.82) is 0 Å². The lowest BCUT2D eigenvalue weighted by atomic mass is 9.94. The van der Waals surface area contributed by atoms with Crippen LogP contribution in [0.2, 0.25) is 0 Å². The van der Waals surface area contributed by atoms with Crippen LogP contribution in [-0.4, -0.2) is 0 Å². The Bertz CT molecular complexity index is 140. The minimum absolute atomic E-state index is 0.800. The van der Waals surface area contributed by atoms with E-state index in [-0.39, 0.29) is 0 Å². The van der Waals surface area contributed by atoms with Crippen LogP contribution in [0.4, 0.5) is 0 Å². The number of allylic oxidation sites excluding steroid dienone is 4. The maximum absolute atomic E-state index is 2.35. The summed E-state index contributed by atoms with van der Waals surface area (Å²) in [6.45, 7) is 0. The predicted molar refractivity (Wildman–Crippen MR) is 34.5 cm³/mol. The maximum atomic E-state index is 2.35. The van der Waals surface area contributed by atoms with Crippen LogP contribution >= 0.6 is 0 Å². The molecule has 0 N–H and O–H groups in total. The van der Waals surface area contributed by atoms with Gasteiger partial charge in [0.2, 0.25) is 0 Å². The molecule has 42 valence electrons. The molecule has 0 saturated heterocycles. The van der Waals surface area contributed by atoms with E-state index in [9.17, 15) is 0 Å². The molecule has 0 aromatic heterocycles. The van der Waals surface area contributed by atoms with E-state index < -0.39 is 0 Å². The zero-order valence-corrected chi connectivity index (χ0v) is 4.88. The minimum atomic E-state index is 0.800. The van der Waals surface area contributed by atoms with Crippen molar-refractivity contribution >= 4 is 0 Å². The SMILES string of the molecule is C1=C[C@@H]2C=CC(C1)C2. The van der Waals surface area contributed by atoms with Gasteiger partial charge in [0.1, 0.15) is 0 Å². The molecule has 2 atom stereocenters. The molecule has 8 heavy (non-hydrogen) atoms.